The van der Waals surface area contributed by atoms with Gasteiger partial charge in [-0.1, -0.05) is 20.8 Å². The number of nitrogens with zero attached hydrogens (tertiary/aromatic N) is 5. The number of imidazole rings is 1. The van der Waals surface area contributed by atoms with E-state index in [2.05, 4.69) is 45.2 Å². The van der Waals surface area contributed by atoms with Gasteiger partial charge in [0.15, 0.2) is 0 Å². The Hall–Kier alpha value is -1.95. The minimum absolute atomic E-state index is 0.0307. The first kappa shape index (κ1) is 18.8. The van der Waals surface area contributed by atoms with E-state index in [0.717, 1.165) is 49.7 Å². The molecule has 0 aromatic carbocycles. The van der Waals surface area contributed by atoms with Gasteiger partial charge in [0, 0.05) is 44.2 Å². The van der Waals surface area contributed by atoms with E-state index in [1.807, 2.05) is 24.9 Å². The van der Waals surface area contributed by atoms with E-state index < -0.39 is 0 Å². The molecule has 0 saturated carbocycles. The Labute approximate surface area is 156 Å². The van der Waals surface area contributed by atoms with Crippen molar-refractivity contribution in [1.82, 2.24) is 19.5 Å². The molecule has 2 aromatic rings. The van der Waals surface area contributed by atoms with Gasteiger partial charge in [-0.3, -0.25) is 0 Å². The standard InChI is InChI=1S/C20H31N5O/c1-16-6-4-8-24(13-16)19-22-10-17(11-23-19)18-12-21-15-25(18)9-5-7-20(2,3)14-26/h10-12,15-16,26H,4-9,13-14H2,1-3H3/t16-/m0/s1. The minimum Gasteiger partial charge on any atom is -0.396 e. The molecule has 0 unspecified atom stereocenters. The Balaban J connectivity index is 1.65. The van der Waals surface area contributed by atoms with Crippen LogP contribution in [0, 0.1) is 11.3 Å². The van der Waals surface area contributed by atoms with Crippen molar-refractivity contribution in [3.63, 3.8) is 0 Å². The molecule has 142 valence electrons. The first-order chi connectivity index (χ1) is 12.5. The highest BCUT2D eigenvalue weighted by molar-refractivity contribution is 5.57. The number of hydrogen-bond donors (Lipinski definition) is 1. The van der Waals surface area contributed by atoms with E-state index in [4.69, 9.17) is 0 Å². The molecule has 1 aliphatic rings. The Kier molecular flexibility index (Phi) is 5.91. The summed E-state index contributed by atoms with van der Waals surface area (Å²) in [6, 6.07) is 0. The van der Waals surface area contributed by atoms with Crippen molar-refractivity contribution in [1.29, 1.82) is 0 Å². The van der Waals surface area contributed by atoms with Gasteiger partial charge in [0.25, 0.3) is 0 Å². The maximum Gasteiger partial charge on any atom is 0.225 e. The fourth-order valence-corrected chi connectivity index (χ4v) is 3.53. The zero-order valence-electron chi connectivity index (χ0n) is 16.2. The van der Waals surface area contributed by atoms with Crippen LogP contribution in [0.15, 0.2) is 24.9 Å². The van der Waals surface area contributed by atoms with Gasteiger partial charge in [-0.15, -0.1) is 0 Å². The quantitative estimate of drug-likeness (QED) is 0.823. The molecular weight excluding hydrogens is 326 g/mol. The number of rotatable bonds is 7. The van der Waals surface area contributed by atoms with E-state index >= 15 is 0 Å². The van der Waals surface area contributed by atoms with Crippen LogP contribution in [0.4, 0.5) is 5.95 Å². The van der Waals surface area contributed by atoms with E-state index in [0.29, 0.717) is 5.92 Å². The summed E-state index contributed by atoms with van der Waals surface area (Å²) >= 11 is 0. The van der Waals surface area contributed by atoms with Crippen molar-refractivity contribution in [2.24, 2.45) is 11.3 Å². The Morgan fingerprint density at radius 2 is 2.00 bits per heavy atom. The van der Waals surface area contributed by atoms with E-state index in [-0.39, 0.29) is 12.0 Å². The molecule has 3 rings (SSSR count). The molecule has 0 bridgehead atoms. The zero-order valence-corrected chi connectivity index (χ0v) is 16.2. The second kappa shape index (κ2) is 8.16. The lowest BCUT2D eigenvalue weighted by Gasteiger charge is -2.30. The molecular formula is C20H31N5O. The van der Waals surface area contributed by atoms with Crippen LogP contribution < -0.4 is 4.90 Å². The average molecular weight is 358 g/mol. The maximum atomic E-state index is 9.39. The zero-order chi connectivity index (χ0) is 18.6. The van der Waals surface area contributed by atoms with Crippen molar-refractivity contribution in [3.05, 3.63) is 24.9 Å². The average Bonchev–Trinajstić information content (AvgIpc) is 3.10. The lowest BCUT2D eigenvalue weighted by atomic mass is 9.89. The SMILES string of the molecule is C[C@H]1CCCN(c2ncc(-c3cncn3CCCC(C)(C)CO)cn2)C1. The fourth-order valence-electron chi connectivity index (χ4n) is 3.53. The largest absolute Gasteiger partial charge is 0.396 e. The number of anilines is 1. The van der Waals surface area contributed by atoms with Gasteiger partial charge >= 0.3 is 0 Å². The molecule has 1 saturated heterocycles. The number of aliphatic hydroxyl groups excluding tert-OH is 1. The first-order valence-corrected chi connectivity index (χ1v) is 9.67. The molecule has 1 aliphatic heterocycles. The fraction of sp³-hybridized carbons (Fsp3) is 0.650. The van der Waals surface area contributed by atoms with Crippen molar-refractivity contribution in [3.8, 4) is 11.3 Å². The van der Waals surface area contributed by atoms with Crippen LogP contribution in [0.25, 0.3) is 11.3 Å². The summed E-state index contributed by atoms with van der Waals surface area (Å²) < 4.78 is 2.15. The van der Waals surface area contributed by atoms with Crippen LogP contribution in [0.2, 0.25) is 0 Å². The summed E-state index contributed by atoms with van der Waals surface area (Å²) in [4.78, 5) is 15.8. The van der Waals surface area contributed by atoms with Gasteiger partial charge in [-0.25, -0.2) is 15.0 Å². The highest BCUT2D eigenvalue weighted by atomic mass is 16.3. The number of aromatic nitrogens is 4. The molecule has 0 spiro atoms. The Bertz CT molecular complexity index is 694. The number of aryl methyl sites for hydroxylation is 1. The number of hydrogen-bond acceptors (Lipinski definition) is 5. The summed E-state index contributed by atoms with van der Waals surface area (Å²) in [5.41, 5.74) is 2.01. The van der Waals surface area contributed by atoms with Gasteiger partial charge in [-0.2, -0.15) is 0 Å². The van der Waals surface area contributed by atoms with Crippen molar-refractivity contribution >= 4 is 5.95 Å². The van der Waals surface area contributed by atoms with E-state index in [1.165, 1.54) is 12.8 Å². The van der Waals surface area contributed by atoms with Gasteiger partial charge < -0.3 is 14.6 Å². The predicted octanol–water partition coefficient (Wildman–Crippen LogP) is 3.38. The van der Waals surface area contributed by atoms with Crippen LogP contribution >= 0.6 is 0 Å². The molecule has 1 N–H and O–H groups in total. The summed E-state index contributed by atoms with van der Waals surface area (Å²) in [6.45, 7) is 9.65. The molecule has 2 aromatic heterocycles. The summed E-state index contributed by atoms with van der Waals surface area (Å²) in [7, 11) is 0. The topological polar surface area (TPSA) is 67.1 Å². The molecule has 6 heteroatoms. The molecule has 6 nitrogen and oxygen atoms in total. The first-order valence-electron chi connectivity index (χ1n) is 9.67. The van der Waals surface area contributed by atoms with Crippen molar-refractivity contribution in [2.75, 3.05) is 24.6 Å². The second-order valence-corrected chi connectivity index (χ2v) is 8.36. The second-order valence-electron chi connectivity index (χ2n) is 8.36. The molecule has 1 fully saturated rings. The van der Waals surface area contributed by atoms with Crippen LogP contribution in [-0.2, 0) is 6.54 Å². The maximum absolute atomic E-state index is 9.39. The van der Waals surface area contributed by atoms with Gasteiger partial charge in [0.05, 0.1) is 18.2 Å². The third kappa shape index (κ3) is 4.61. The number of aliphatic hydroxyl groups is 1. The molecule has 0 aliphatic carbocycles. The normalized spacial score (nSPS) is 18.3. The van der Waals surface area contributed by atoms with Crippen LogP contribution in [0.1, 0.15) is 46.5 Å². The Morgan fingerprint density at radius 3 is 2.69 bits per heavy atom. The molecule has 0 amide bonds. The lowest BCUT2D eigenvalue weighted by Crippen LogP contribution is -2.35. The monoisotopic (exact) mass is 357 g/mol. The van der Waals surface area contributed by atoms with Crippen molar-refractivity contribution in [2.45, 2.75) is 53.0 Å². The van der Waals surface area contributed by atoms with Crippen LogP contribution in [0.3, 0.4) is 0 Å². The molecule has 3 heterocycles. The summed E-state index contributed by atoms with van der Waals surface area (Å²) in [5.74, 6) is 1.53. The van der Waals surface area contributed by atoms with Gasteiger partial charge in [0.1, 0.15) is 0 Å². The summed E-state index contributed by atoms with van der Waals surface area (Å²) in [6.07, 6.45) is 12.0. The molecule has 26 heavy (non-hydrogen) atoms. The van der Waals surface area contributed by atoms with Crippen molar-refractivity contribution < 1.29 is 5.11 Å². The molecule has 0 radical (unpaired) electrons. The third-order valence-corrected chi connectivity index (χ3v) is 5.27. The third-order valence-electron chi connectivity index (χ3n) is 5.27. The van der Waals surface area contributed by atoms with Crippen LogP contribution in [0.5, 0.6) is 0 Å². The molecule has 1 atom stereocenters. The van der Waals surface area contributed by atoms with E-state index in [1.54, 1.807) is 0 Å². The van der Waals surface area contributed by atoms with Gasteiger partial charge in [-0.05, 0) is 37.0 Å². The highest BCUT2D eigenvalue weighted by Crippen LogP contribution is 2.24. The Morgan fingerprint density at radius 1 is 1.23 bits per heavy atom. The summed E-state index contributed by atoms with van der Waals surface area (Å²) in [5, 5.41) is 9.39. The van der Waals surface area contributed by atoms with Gasteiger partial charge in [0.2, 0.25) is 5.95 Å². The minimum atomic E-state index is -0.0307. The lowest BCUT2D eigenvalue weighted by molar-refractivity contribution is 0.146. The number of piperidine rings is 1. The van der Waals surface area contributed by atoms with Crippen LogP contribution in [-0.4, -0.2) is 44.3 Å². The highest BCUT2D eigenvalue weighted by Gasteiger charge is 2.19. The predicted molar refractivity (Wildman–Crippen MR) is 104 cm³/mol. The van der Waals surface area contributed by atoms with E-state index in [9.17, 15) is 5.11 Å². The smallest absolute Gasteiger partial charge is 0.225 e.